The van der Waals surface area contributed by atoms with Gasteiger partial charge in [0.15, 0.2) is 0 Å². The maximum atomic E-state index is 12.1. The van der Waals surface area contributed by atoms with Crippen LogP contribution in [0, 0.1) is 11.8 Å². The Hall–Kier alpha value is -1.03. The van der Waals surface area contributed by atoms with E-state index in [2.05, 4.69) is 0 Å². The van der Waals surface area contributed by atoms with Crippen molar-refractivity contribution in [2.24, 2.45) is 11.8 Å². The molecule has 4 heteroatoms. The van der Waals surface area contributed by atoms with Crippen LogP contribution in [0.1, 0.15) is 58.8 Å². The van der Waals surface area contributed by atoms with Crippen molar-refractivity contribution < 1.29 is 19.4 Å². The van der Waals surface area contributed by atoms with Crippen molar-refractivity contribution in [3.05, 3.63) is 11.8 Å². The maximum Gasteiger partial charge on any atom is 0.373 e. The van der Waals surface area contributed by atoms with Crippen LogP contribution in [0.2, 0.25) is 0 Å². The topological polar surface area (TPSA) is 55.8 Å². The molecule has 2 saturated carbocycles. The molecule has 2 fully saturated rings. The lowest BCUT2D eigenvalue weighted by atomic mass is 9.68. The van der Waals surface area contributed by atoms with Gasteiger partial charge in [0.2, 0.25) is 5.76 Å². The van der Waals surface area contributed by atoms with Crippen molar-refractivity contribution in [2.45, 2.75) is 70.0 Å². The second-order valence-corrected chi connectivity index (χ2v) is 7.01. The van der Waals surface area contributed by atoms with Crippen LogP contribution < -0.4 is 0 Å². The van der Waals surface area contributed by atoms with E-state index < -0.39 is 5.60 Å². The number of carbonyl (C=O) groups is 1. The first kappa shape index (κ1) is 14.9. The first-order valence-electron chi connectivity index (χ1n) is 8.29. The molecule has 0 bridgehead atoms. The maximum absolute atomic E-state index is 12.1. The molecular formula is C17H26O4. The van der Waals surface area contributed by atoms with Gasteiger partial charge in [-0.1, -0.05) is 6.42 Å². The number of esters is 1. The summed E-state index contributed by atoms with van der Waals surface area (Å²) in [6, 6.07) is 0. The molecule has 0 aromatic carbocycles. The minimum absolute atomic E-state index is 0.00348. The fourth-order valence-electron chi connectivity index (χ4n) is 4.54. The Morgan fingerprint density at radius 1 is 1.38 bits per heavy atom. The van der Waals surface area contributed by atoms with Crippen molar-refractivity contribution in [2.75, 3.05) is 6.61 Å². The summed E-state index contributed by atoms with van der Waals surface area (Å²) >= 11 is 0. The van der Waals surface area contributed by atoms with Gasteiger partial charge in [0, 0.05) is 11.8 Å². The van der Waals surface area contributed by atoms with Crippen LogP contribution in [0.3, 0.4) is 0 Å². The molecule has 3 aliphatic rings. The molecule has 3 atom stereocenters. The van der Waals surface area contributed by atoms with Gasteiger partial charge in [0.05, 0.1) is 12.2 Å². The van der Waals surface area contributed by atoms with Crippen LogP contribution in [0.15, 0.2) is 11.8 Å². The number of rotatable bonds is 2. The summed E-state index contributed by atoms with van der Waals surface area (Å²) in [6.45, 7) is 4.03. The molecule has 0 aromatic heterocycles. The largest absolute Gasteiger partial charge is 0.480 e. The number of fused-ring (bicyclic) bond motifs is 2. The molecule has 0 saturated heterocycles. The molecule has 0 radical (unpaired) electrons. The highest BCUT2D eigenvalue weighted by molar-refractivity contribution is 5.86. The minimum atomic E-state index is -0.739. The zero-order chi connectivity index (χ0) is 15.1. The smallest absolute Gasteiger partial charge is 0.373 e. The van der Waals surface area contributed by atoms with Crippen molar-refractivity contribution in [1.82, 2.24) is 0 Å². The molecule has 1 aliphatic heterocycles. The molecule has 21 heavy (non-hydrogen) atoms. The van der Waals surface area contributed by atoms with E-state index in [1.54, 1.807) is 6.92 Å². The third-order valence-corrected chi connectivity index (χ3v) is 5.61. The highest BCUT2D eigenvalue weighted by Crippen LogP contribution is 2.55. The number of hydrogen-bond donors (Lipinski definition) is 1. The van der Waals surface area contributed by atoms with Gasteiger partial charge in [0.1, 0.15) is 5.60 Å². The van der Waals surface area contributed by atoms with Crippen molar-refractivity contribution in [3.63, 3.8) is 0 Å². The van der Waals surface area contributed by atoms with Gasteiger partial charge < -0.3 is 14.6 Å². The molecule has 1 heterocycles. The van der Waals surface area contributed by atoms with E-state index in [1.807, 2.05) is 13.0 Å². The van der Waals surface area contributed by atoms with E-state index in [0.29, 0.717) is 18.3 Å². The normalized spacial score (nSPS) is 37.6. The SMILES string of the molecule is CCOC(=O)C1=C[C@H]2[C@@H](CC[C@@]2(C)O)C2(CCCCC2)O1. The molecule has 0 aromatic rings. The van der Waals surface area contributed by atoms with Crippen molar-refractivity contribution in [1.29, 1.82) is 0 Å². The quantitative estimate of drug-likeness (QED) is 0.796. The third kappa shape index (κ3) is 2.48. The van der Waals surface area contributed by atoms with Gasteiger partial charge in [-0.25, -0.2) is 4.79 Å². The summed E-state index contributed by atoms with van der Waals surface area (Å²) in [5.41, 5.74) is -1.00. The monoisotopic (exact) mass is 294 g/mol. The molecule has 2 aliphatic carbocycles. The highest BCUT2D eigenvalue weighted by atomic mass is 16.6. The predicted octanol–water partition coefficient (Wildman–Crippen LogP) is 2.94. The lowest BCUT2D eigenvalue weighted by molar-refractivity contribution is -0.157. The fraction of sp³-hybridized carbons (Fsp3) is 0.824. The van der Waals surface area contributed by atoms with E-state index in [9.17, 15) is 9.90 Å². The van der Waals surface area contributed by atoms with Gasteiger partial charge in [-0.2, -0.15) is 0 Å². The van der Waals surface area contributed by atoms with E-state index in [1.165, 1.54) is 6.42 Å². The summed E-state index contributed by atoms with van der Waals surface area (Å²) in [6.07, 6.45) is 9.07. The molecule has 4 nitrogen and oxygen atoms in total. The van der Waals surface area contributed by atoms with Gasteiger partial charge in [0.25, 0.3) is 0 Å². The van der Waals surface area contributed by atoms with Crippen LogP contribution in [0.5, 0.6) is 0 Å². The Balaban J connectivity index is 1.94. The Morgan fingerprint density at radius 3 is 2.76 bits per heavy atom. The molecule has 0 unspecified atom stereocenters. The van der Waals surface area contributed by atoms with E-state index >= 15 is 0 Å². The number of hydrogen-bond acceptors (Lipinski definition) is 4. The van der Waals surface area contributed by atoms with Crippen LogP contribution in [-0.4, -0.2) is 28.9 Å². The Morgan fingerprint density at radius 2 is 2.10 bits per heavy atom. The molecule has 1 N–H and O–H groups in total. The van der Waals surface area contributed by atoms with Crippen LogP contribution in [-0.2, 0) is 14.3 Å². The first-order valence-corrected chi connectivity index (χ1v) is 8.29. The molecule has 3 rings (SSSR count). The van der Waals surface area contributed by atoms with Gasteiger partial charge in [-0.3, -0.25) is 0 Å². The van der Waals surface area contributed by atoms with Crippen LogP contribution in [0.25, 0.3) is 0 Å². The zero-order valence-electron chi connectivity index (χ0n) is 13.1. The Bertz CT molecular complexity index is 446. The Labute approximate surface area is 126 Å². The standard InChI is InChI=1S/C17H26O4/c1-3-20-15(18)14-11-13-12(7-10-16(13,2)19)17(21-14)8-5-4-6-9-17/h11-13,19H,3-10H2,1-2H3/t12-,13+,16-/m1/s1. The molecular weight excluding hydrogens is 268 g/mol. The van der Waals surface area contributed by atoms with Crippen molar-refractivity contribution in [3.8, 4) is 0 Å². The van der Waals surface area contributed by atoms with Gasteiger partial charge in [-0.05, 0) is 58.4 Å². The second-order valence-electron chi connectivity index (χ2n) is 7.01. The molecule has 1 spiro atoms. The summed E-state index contributed by atoms with van der Waals surface area (Å²) in [5, 5.41) is 10.7. The number of ether oxygens (including phenoxy) is 2. The summed E-state index contributed by atoms with van der Waals surface area (Å²) in [4.78, 5) is 12.1. The number of carbonyl (C=O) groups excluding carboxylic acids is 1. The van der Waals surface area contributed by atoms with Gasteiger partial charge >= 0.3 is 5.97 Å². The summed E-state index contributed by atoms with van der Waals surface area (Å²) < 4.78 is 11.3. The highest BCUT2D eigenvalue weighted by Gasteiger charge is 2.57. The zero-order valence-corrected chi connectivity index (χ0v) is 13.1. The van der Waals surface area contributed by atoms with E-state index in [4.69, 9.17) is 9.47 Å². The van der Waals surface area contributed by atoms with Gasteiger partial charge in [-0.15, -0.1) is 0 Å². The lowest BCUT2D eigenvalue weighted by Gasteiger charge is -2.48. The van der Waals surface area contributed by atoms with E-state index in [0.717, 1.165) is 38.5 Å². The third-order valence-electron chi connectivity index (χ3n) is 5.61. The number of aliphatic hydroxyl groups is 1. The fourth-order valence-corrected chi connectivity index (χ4v) is 4.54. The molecule has 118 valence electrons. The summed E-state index contributed by atoms with van der Waals surface area (Å²) in [5.74, 6) is 0.264. The lowest BCUT2D eigenvalue weighted by Crippen LogP contribution is -2.50. The Kier molecular flexibility index (Phi) is 3.76. The first-order chi connectivity index (χ1) is 9.98. The van der Waals surface area contributed by atoms with Crippen LogP contribution in [0.4, 0.5) is 0 Å². The minimum Gasteiger partial charge on any atom is -0.480 e. The van der Waals surface area contributed by atoms with Crippen LogP contribution >= 0.6 is 0 Å². The second kappa shape index (κ2) is 5.31. The van der Waals surface area contributed by atoms with E-state index in [-0.39, 0.29) is 17.5 Å². The average Bonchev–Trinajstić information content (AvgIpc) is 2.77. The molecule has 0 amide bonds. The average molecular weight is 294 g/mol. The summed E-state index contributed by atoms with van der Waals surface area (Å²) in [7, 11) is 0. The predicted molar refractivity (Wildman–Crippen MR) is 78.5 cm³/mol. The van der Waals surface area contributed by atoms with Crippen molar-refractivity contribution >= 4 is 5.97 Å².